The minimum Gasteiger partial charge on any atom is -0.324 e. The summed E-state index contributed by atoms with van der Waals surface area (Å²) in [6.45, 7) is 2.10. The zero-order chi connectivity index (χ0) is 14.1. The van der Waals surface area contributed by atoms with Gasteiger partial charge in [0.25, 0.3) is 0 Å². The molecule has 1 atom stereocenters. The van der Waals surface area contributed by atoms with Crippen molar-refractivity contribution >= 4 is 15.9 Å². The van der Waals surface area contributed by atoms with Gasteiger partial charge in [-0.2, -0.15) is 0 Å². The van der Waals surface area contributed by atoms with Gasteiger partial charge in [-0.05, 0) is 66.5 Å². The van der Waals surface area contributed by atoms with E-state index in [0.717, 1.165) is 10.9 Å². The first kappa shape index (κ1) is 13.8. The molecule has 2 aromatic carbocycles. The highest BCUT2D eigenvalue weighted by Crippen LogP contribution is 2.28. The van der Waals surface area contributed by atoms with Crippen LogP contribution in [-0.4, -0.2) is 0 Å². The summed E-state index contributed by atoms with van der Waals surface area (Å²) in [7, 11) is 0. The summed E-state index contributed by atoms with van der Waals surface area (Å²) in [5.41, 5.74) is 13.2. The second-order valence-corrected chi connectivity index (χ2v) is 6.65. The van der Waals surface area contributed by atoms with Gasteiger partial charge in [0, 0.05) is 10.5 Å². The average Bonchev–Trinajstić information content (AvgIpc) is 2.85. The van der Waals surface area contributed by atoms with Gasteiger partial charge in [-0.25, -0.2) is 0 Å². The summed E-state index contributed by atoms with van der Waals surface area (Å²) in [5.74, 6) is 0. The minimum atomic E-state index is 0.0458. The molecule has 0 bridgehead atoms. The van der Waals surface area contributed by atoms with Crippen LogP contribution in [0.2, 0.25) is 0 Å². The molecule has 20 heavy (non-hydrogen) atoms. The summed E-state index contributed by atoms with van der Waals surface area (Å²) in [6, 6.07) is 13.3. The Balaban J connectivity index is 1.80. The summed E-state index contributed by atoms with van der Waals surface area (Å²) < 4.78 is 1.12. The monoisotopic (exact) mass is 329 g/mol. The second kappa shape index (κ2) is 5.71. The quantitative estimate of drug-likeness (QED) is 0.882. The first-order chi connectivity index (χ1) is 9.63. The molecule has 104 valence electrons. The van der Waals surface area contributed by atoms with Crippen LogP contribution in [0.5, 0.6) is 0 Å². The molecular weight excluding hydrogens is 310 g/mol. The molecule has 0 radical (unpaired) electrons. The molecule has 0 saturated carbocycles. The van der Waals surface area contributed by atoms with Crippen LogP contribution >= 0.6 is 15.9 Å². The zero-order valence-electron chi connectivity index (χ0n) is 11.8. The van der Waals surface area contributed by atoms with Crippen LogP contribution in [0.15, 0.2) is 40.9 Å². The van der Waals surface area contributed by atoms with Crippen molar-refractivity contribution < 1.29 is 0 Å². The number of rotatable bonds is 3. The molecule has 2 N–H and O–H groups in total. The highest BCUT2D eigenvalue weighted by molar-refractivity contribution is 9.10. The van der Waals surface area contributed by atoms with Gasteiger partial charge in [0.2, 0.25) is 0 Å². The topological polar surface area (TPSA) is 26.0 Å². The second-order valence-electron chi connectivity index (χ2n) is 5.79. The smallest absolute Gasteiger partial charge is 0.0347 e. The number of aryl methyl sites for hydroxylation is 3. The lowest BCUT2D eigenvalue weighted by atomic mass is 9.96. The fourth-order valence-corrected chi connectivity index (χ4v) is 3.84. The molecule has 2 heteroatoms. The van der Waals surface area contributed by atoms with E-state index in [9.17, 15) is 0 Å². The van der Waals surface area contributed by atoms with Crippen molar-refractivity contribution in [2.24, 2.45) is 5.73 Å². The van der Waals surface area contributed by atoms with Crippen LogP contribution in [-0.2, 0) is 19.3 Å². The Kier molecular flexibility index (Phi) is 3.95. The maximum atomic E-state index is 6.39. The van der Waals surface area contributed by atoms with E-state index < -0.39 is 0 Å². The summed E-state index contributed by atoms with van der Waals surface area (Å²) in [4.78, 5) is 0. The van der Waals surface area contributed by atoms with Gasteiger partial charge in [-0.1, -0.05) is 46.3 Å². The predicted molar refractivity (Wildman–Crippen MR) is 88.0 cm³/mol. The van der Waals surface area contributed by atoms with Gasteiger partial charge in [0.1, 0.15) is 0 Å². The molecule has 1 nitrogen and oxygen atoms in total. The van der Waals surface area contributed by atoms with Crippen molar-refractivity contribution in [3.63, 3.8) is 0 Å². The molecule has 0 amide bonds. The van der Waals surface area contributed by atoms with Crippen molar-refractivity contribution in [2.75, 3.05) is 0 Å². The summed E-state index contributed by atoms with van der Waals surface area (Å²) in [5, 5.41) is 0. The van der Waals surface area contributed by atoms with E-state index in [4.69, 9.17) is 5.73 Å². The number of benzene rings is 2. The average molecular weight is 330 g/mol. The number of hydrogen-bond acceptors (Lipinski definition) is 1. The Morgan fingerprint density at radius 1 is 1.10 bits per heavy atom. The fraction of sp³-hybridized carbons (Fsp3) is 0.333. The maximum absolute atomic E-state index is 6.39. The molecule has 0 aromatic heterocycles. The lowest BCUT2D eigenvalue weighted by Gasteiger charge is -2.15. The minimum absolute atomic E-state index is 0.0458. The first-order valence-corrected chi connectivity index (χ1v) is 8.05. The van der Waals surface area contributed by atoms with E-state index in [1.165, 1.54) is 47.1 Å². The molecule has 1 aliphatic carbocycles. The largest absolute Gasteiger partial charge is 0.324 e. The lowest BCUT2D eigenvalue weighted by molar-refractivity contribution is 0.717. The van der Waals surface area contributed by atoms with E-state index >= 15 is 0 Å². The Morgan fingerprint density at radius 3 is 2.70 bits per heavy atom. The Labute approximate surface area is 129 Å². The molecule has 0 saturated heterocycles. The van der Waals surface area contributed by atoms with Crippen molar-refractivity contribution in [1.29, 1.82) is 0 Å². The van der Waals surface area contributed by atoms with Crippen molar-refractivity contribution in [1.82, 2.24) is 0 Å². The van der Waals surface area contributed by atoms with Crippen LogP contribution < -0.4 is 5.73 Å². The van der Waals surface area contributed by atoms with E-state index in [2.05, 4.69) is 59.3 Å². The Bertz CT molecular complexity index is 633. The number of fused-ring (bicyclic) bond motifs is 1. The third kappa shape index (κ3) is 2.82. The van der Waals surface area contributed by atoms with E-state index in [1.54, 1.807) is 0 Å². The van der Waals surface area contributed by atoms with Gasteiger partial charge in [-0.3, -0.25) is 0 Å². The van der Waals surface area contributed by atoms with Gasteiger partial charge >= 0.3 is 0 Å². The molecule has 3 rings (SSSR count). The molecule has 0 fully saturated rings. The standard InChI is InChI=1S/C18H20BrN/c1-12-5-8-16(17(19)9-12)18(20)11-13-6-7-14-3-2-4-15(14)10-13/h5-10,18H,2-4,11,20H2,1H3. The van der Waals surface area contributed by atoms with Crippen LogP contribution in [0.25, 0.3) is 0 Å². The van der Waals surface area contributed by atoms with Crippen molar-refractivity contribution in [3.8, 4) is 0 Å². The number of halogens is 1. The summed E-state index contributed by atoms with van der Waals surface area (Å²) >= 11 is 3.63. The van der Waals surface area contributed by atoms with Gasteiger partial charge in [0.05, 0.1) is 0 Å². The predicted octanol–water partition coefficient (Wildman–Crippen LogP) is 4.49. The maximum Gasteiger partial charge on any atom is 0.0347 e. The molecule has 1 unspecified atom stereocenters. The highest BCUT2D eigenvalue weighted by Gasteiger charge is 2.14. The Hall–Kier alpha value is -1.12. The van der Waals surface area contributed by atoms with Crippen molar-refractivity contribution in [2.45, 2.75) is 38.6 Å². The van der Waals surface area contributed by atoms with Gasteiger partial charge in [-0.15, -0.1) is 0 Å². The van der Waals surface area contributed by atoms with Crippen LogP contribution in [0.3, 0.4) is 0 Å². The van der Waals surface area contributed by atoms with E-state index in [0.29, 0.717) is 0 Å². The zero-order valence-corrected chi connectivity index (χ0v) is 13.4. The lowest BCUT2D eigenvalue weighted by Crippen LogP contribution is -2.14. The van der Waals surface area contributed by atoms with E-state index in [-0.39, 0.29) is 6.04 Å². The third-order valence-corrected chi connectivity index (χ3v) is 4.86. The molecule has 1 aliphatic rings. The molecule has 0 spiro atoms. The molecule has 2 aromatic rings. The van der Waals surface area contributed by atoms with Gasteiger partial charge in [0.15, 0.2) is 0 Å². The molecular formula is C18H20BrN. The highest BCUT2D eigenvalue weighted by atomic mass is 79.9. The number of nitrogens with two attached hydrogens (primary N) is 1. The van der Waals surface area contributed by atoms with E-state index in [1.807, 2.05) is 0 Å². The molecule has 0 aliphatic heterocycles. The summed E-state index contributed by atoms with van der Waals surface area (Å²) in [6.07, 6.45) is 4.67. The van der Waals surface area contributed by atoms with Crippen LogP contribution in [0, 0.1) is 6.92 Å². The number of hydrogen-bond donors (Lipinski definition) is 1. The van der Waals surface area contributed by atoms with Gasteiger partial charge < -0.3 is 5.73 Å². The van der Waals surface area contributed by atoms with Crippen molar-refractivity contribution in [3.05, 3.63) is 68.7 Å². The normalized spacial score (nSPS) is 15.2. The third-order valence-electron chi connectivity index (χ3n) is 4.17. The van der Waals surface area contributed by atoms with Crippen LogP contribution in [0.1, 0.15) is 40.3 Å². The first-order valence-electron chi connectivity index (χ1n) is 7.26. The van der Waals surface area contributed by atoms with Crippen LogP contribution in [0.4, 0.5) is 0 Å². The SMILES string of the molecule is Cc1ccc(C(N)Cc2ccc3c(c2)CCC3)c(Br)c1. The fourth-order valence-electron chi connectivity index (χ4n) is 3.05. The molecule has 0 heterocycles. The Morgan fingerprint density at radius 2 is 1.90 bits per heavy atom.